The van der Waals surface area contributed by atoms with E-state index in [1.54, 1.807) is 19.2 Å². The lowest BCUT2D eigenvalue weighted by molar-refractivity contribution is 0.0937. The van der Waals surface area contributed by atoms with Crippen molar-refractivity contribution in [1.29, 1.82) is 0 Å². The second-order valence-corrected chi connectivity index (χ2v) is 5.69. The molecule has 0 unspecified atom stereocenters. The molecule has 2 aromatic rings. The molecular weight excluding hydrogens is 274 g/mol. The maximum Gasteiger partial charge on any atom is 0.255 e. The second-order valence-electron chi connectivity index (χ2n) is 5.69. The average molecular weight is 297 g/mol. The Morgan fingerprint density at radius 1 is 1.05 bits per heavy atom. The van der Waals surface area contributed by atoms with Crippen molar-refractivity contribution in [3.8, 4) is 5.75 Å². The van der Waals surface area contributed by atoms with Crippen LogP contribution in [0.4, 0.5) is 0 Å². The van der Waals surface area contributed by atoms with E-state index >= 15 is 0 Å². The molecular formula is C19H23NO2. The fourth-order valence-corrected chi connectivity index (χ4v) is 2.63. The Bertz CT molecular complexity index is 692. The van der Waals surface area contributed by atoms with E-state index in [-0.39, 0.29) is 11.9 Å². The van der Waals surface area contributed by atoms with Crippen molar-refractivity contribution >= 4 is 5.91 Å². The number of amides is 1. The third-order valence-electron chi connectivity index (χ3n) is 4.05. The molecule has 116 valence electrons. The molecule has 2 aromatic carbocycles. The molecule has 3 nitrogen and oxygen atoms in total. The molecule has 0 aliphatic rings. The zero-order chi connectivity index (χ0) is 16.3. The highest BCUT2D eigenvalue weighted by molar-refractivity contribution is 5.97. The van der Waals surface area contributed by atoms with Crippen LogP contribution in [0.5, 0.6) is 5.75 Å². The fourth-order valence-electron chi connectivity index (χ4n) is 2.63. The van der Waals surface area contributed by atoms with Crippen LogP contribution in [0.15, 0.2) is 36.4 Å². The average Bonchev–Trinajstić information content (AvgIpc) is 2.50. The first kappa shape index (κ1) is 16.1. The molecule has 3 heteroatoms. The van der Waals surface area contributed by atoms with E-state index in [1.807, 2.05) is 19.1 Å². The van der Waals surface area contributed by atoms with Crippen LogP contribution < -0.4 is 10.1 Å². The largest absolute Gasteiger partial charge is 0.496 e. The Balaban J connectivity index is 2.23. The van der Waals surface area contributed by atoms with Crippen LogP contribution in [0.25, 0.3) is 0 Å². The van der Waals surface area contributed by atoms with Crippen LogP contribution in [-0.4, -0.2) is 13.0 Å². The first-order chi connectivity index (χ1) is 10.4. The van der Waals surface area contributed by atoms with Crippen LogP contribution in [0, 0.1) is 20.8 Å². The van der Waals surface area contributed by atoms with E-state index < -0.39 is 0 Å². The first-order valence-electron chi connectivity index (χ1n) is 7.45. The van der Waals surface area contributed by atoms with Gasteiger partial charge in [-0.25, -0.2) is 0 Å². The molecule has 0 aliphatic carbocycles. The summed E-state index contributed by atoms with van der Waals surface area (Å²) in [7, 11) is 1.57. The molecule has 0 fully saturated rings. The van der Waals surface area contributed by atoms with E-state index in [1.165, 1.54) is 16.7 Å². The van der Waals surface area contributed by atoms with Gasteiger partial charge in [-0.2, -0.15) is 0 Å². The standard InChI is InChI=1S/C19H23NO2/c1-12-10-14(3)17(11-13(12)2)15(4)20-19(21)16-8-6-7-9-18(16)22-5/h6-11,15H,1-5H3,(H,20,21)/t15-/m0/s1. The highest BCUT2D eigenvalue weighted by Gasteiger charge is 2.16. The highest BCUT2D eigenvalue weighted by Crippen LogP contribution is 2.23. The van der Waals surface area contributed by atoms with Gasteiger partial charge in [0.1, 0.15) is 5.75 Å². The molecule has 22 heavy (non-hydrogen) atoms. The van der Waals surface area contributed by atoms with Crippen molar-refractivity contribution in [3.63, 3.8) is 0 Å². The summed E-state index contributed by atoms with van der Waals surface area (Å²) in [5.41, 5.74) is 5.39. The Morgan fingerprint density at radius 2 is 1.68 bits per heavy atom. The lowest BCUT2D eigenvalue weighted by atomic mass is 9.96. The predicted molar refractivity (Wildman–Crippen MR) is 89.5 cm³/mol. The van der Waals surface area contributed by atoms with E-state index in [9.17, 15) is 4.79 Å². The molecule has 1 amide bonds. The summed E-state index contributed by atoms with van der Waals surface area (Å²) in [4.78, 5) is 12.5. The normalized spacial score (nSPS) is 11.9. The summed E-state index contributed by atoms with van der Waals surface area (Å²) in [6, 6.07) is 11.5. The first-order valence-corrected chi connectivity index (χ1v) is 7.45. The molecule has 2 rings (SSSR count). The van der Waals surface area contributed by atoms with E-state index in [0.29, 0.717) is 11.3 Å². The molecule has 0 heterocycles. The number of carbonyl (C=O) groups is 1. The summed E-state index contributed by atoms with van der Waals surface area (Å²) in [6.45, 7) is 8.27. The number of hydrogen-bond acceptors (Lipinski definition) is 2. The van der Waals surface area contributed by atoms with Gasteiger partial charge < -0.3 is 10.1 Å². The fraction of sp³-hybridized carbons (Fsp3) is 0.316. The number of aryl methyl sites for hydroxylation is 3. The number of rotatable bonds is 4. The summed E-state index contributed by atoms with van der Waals surface area (Å²) in [5, 5.41) is 3.06. The van der Waals surface area contributed by atoms with Crippen LogP contribution in [0.2, 0.25) is 0 Å². The molecule has 0 bridgehead atoms. The molecule has 0 saturated heterocycles. The molecule has 0 saturated carbocycles. The molecule has 0 aromatic heterocycles. The van der Waals surface area contributed by atoms with Gasteiger partial charge in [0.2, 0.25) is 0 Å². The third kappa shape index (κ3) is 3.30. The minimum absolute atomic E-state index is 0.0586. The Morgan fingerprint density at radius 3 is 2.36 bits per heavy atom. The quantitative estimate of drug-likeness (QED) is 0.922. The van der Waals surface area contributed by atoms with Gasteiger partial charge in [0.15, 0.2) is 0 Å². The summed E-state index contributed by atoms with van der Waals surface area (Å²) in [6.07, 6.45) is 0. The van der Waals surface area contributed by atoms with Gasteiger partial charge in [-0.1, -0.05) is 24.3 Å². The van der Waals surface area contributed by atoms with Gasteiger partial charge in [0.05, 0.1) is 18.7 Å². The zero-order valence-corrected chi connectivity index (χ0v) is 13.9. The van der Waals surface area contributed by atoms with Crippen molar-refractivity contribution in [2.45, 2.75) is 33.7 Å². The SMILES string of the molecule is COc1ccccc1C(=O)N[C@@H](C)c1cc(C)c(C)cc1C. The van der Waals surface area contributed by atoms with E-state index in [4.69, 9.17) is 4.74 Å². The van der Waals surface area contributed by atoms with Crippen molar-refractivity contribution in [2.24, 2.45) is 0 Å². The summed E-state index contributed by atoms with van der Waals surface area (Å²) >= 11 is 0. The van der Waals surface area contributed by atoms with E-state index in [2.05, 4.69) is 38.2 Å². The van der Waals surface area contributed by atoms with Gasteiger partial charge in [-0.15, -0.1) is 0 Å². The second kappa shape index (κ2) is 6.65. The van der Waals surface area contributed by atoms with E-state index in [0.717, 1.165) is 5.56 Å². The molecule has 1 N–H and O–H groups in total. The molecule has 0 aliphatic heterocycles. The summed E-state index contributed by atoms with van der Waals surface area (Å²) in [5.74, 6) is 0.464. The lowest BCUT2D eigenvalue weighted by Gasteiger charge is -2.19. The number of carbonyl (C=O) groups excluding carboxylic acids is 1. The summed E-state index contributed by atoms with van der Waals surface area (Å²) < 4.78 is 5.25. The predicted octanol–water partition coefficient (Wildman–Crippen LogP) is 4.11. The molecule has 0 spiro atoms. The monoisotopic (exact) mass is 297 g/mol. The minimum atomic E-state index is -0.123. The van der Waals surface area contributed by atoms with Gasteiger partial charge in [-0.3, -0.25) is 4.79 Å². The van der Waals surface area contributed by atoms with Crippen LogP contribution in [0.3, 0.4) is 0 Å². The number of benzene rings is 2. The Labute approximate surface area is 132 Å². The van der Waals surface area contributed by atoms with Gasteiger partial charge in [0, 0.05) is 0 Å². The number of nitrogens with one attached hydrogen (secondary N) is 1. The van der Waals surface area contributed by atoms with Crippen LogP contribution in [0.1, 0.15) is 45.6 Å². The van der Waals surface area contributed by atoms with Gasteiger partial charge in [0.25, 0.3) is 5.91 Å². The topological polar surface area (TPSA) is 38.3 Å². The maximum atomic E-state index is 12.5. The van der Waals surface area contributed by atoms with Gasteiger partial charge >= 0.3 is 0 Å². The van der Waals surface area contributed by atoms with Gasteiger partial charge in [-0.05, 0) is 62.1 Å². The minimum Gasteiger partial charge on any atom is -0.496 e. The number of para-hydroxylation sites is 1. The van der Waals surface area contributed by atoms with Crippen molar-refractivity contribution in [3.05, 3.63) is 64.2 Å². The third-order valence-corrected chi connectivity index (χ3v) is 4.05. The molecule has 0 radical (unpaired) electrons. The molecule has 1 atom stereocenters. The number of ether oxygens (including phenoxy) is 1. The Hall–Kier alpha value is -2.29. The number of hydrogen-bond donors (Lipinski definition) is 1. The smallest absolute Gasteiger partial charge is 0.255 e. The Kier molecular flexibility index (Phi) is 4.86. The highest BCUT2D eigenvalue weighted by atomic mass is 16.5. The maximum absolute atomic E-state index is 12.5. The zero-order valence-electron chi connectivity index (χ0n) is 13.9. The lowest BCUT2D eigenvalue weighted by Crippen LogP contribution is -2.27. The van der Waals surface area contributed by atoms with Crippen LogP contribution in [-0.2, 0) is 0 Å². The van der Waals surface area contributed by atoms with Crippen molar-refractivity contribution in [1.82, 2.24) is 5.32 Å². The van der Waals surface area contributed by atoms with Crippen LogP contribution >= 0.6 is 0 Å². The van der Waals surface area contributed by atoms with Crippen molar-refractivity contribution < 1.29 is 9.53 Å². The van der Waals surface area contributed by atoms with Crippen molar-refractivity contribution in [2.75, 3.05) is 7.11 Å². The number of methoxy groups -OCH3 is 1.